The topological polar surface area (TPSA) is 144 Å². The molecule has 40 heavy (non-hydrogen) atoms. The van der Waals surface area contributed by atoms with E-state index < -0.39 is 31.5 Å². The summed E-state index contributed by atoms with van der Waals surface area (Å²) in [7, 11) is -3.83. The Morgan fingerprint density at radius 1 is 1.20 bits per heavy atom. The highest BCUT2D eigenvalue weighted by Gasteiger charge is 2.32. The molecule has 0 spiro atoms. The SMILES string of the molecule is C#C.CC(C)=CN(C(=O)NC=O)C1C=C[C@@H](COP(=O)(NCc2ccccc2)OCCSC(=O)C(C)(C)CO)O1. The van der Waals surface area contributed by atoms with Crippen LogP contribution < -0.4 is 10.4 Å². The molecule has 13 heteroatoms. The zero-order chi connectivity index (χ0) is 30.2. The first-order valence-corrected chi connectivity index (χ1v) is 14.8. The van der Waals surface area contributed by atoms with Crippen LogP contribution >= 0.6 is 19.5 Å². The number of nitrogens with zero attached hydrogens (tertiary/aromatic N) is 1. The minimum absolute atomic E-state index is 0.0405. The molecular formula is C27H38N3O8PS. The number of amides is 3. The van der Waals surface area contributed by atoms with Crippen molar-refractivity contribution >= 4 is 37.1 Å². The highest BCUT2D eigenvalue weighted by molar-refractivity contribution is 8.13. The van der Waals surface area contributed by atoms with Crippen molar-refractivity contribution in [3.63, 3.8) is 0 Å². The van der Waals surface area contributed by atoms with Gasteiger partial charge in [0.1, 0.15) is 6.10 Å². The predicted octanol–water partition coefficient (Wildman–Crippen LogP) is 3.82. The summed E-state index contributed by atoms with van der Waals surface area (Å²) in [6.07, 6.45) is 11.7. The van der Waals surface area contributed by atoms with Crippen molar-refractivity contribution in [2.24, 2.45) is 5.41 Å². The average molecular weight is 596 g/mol. The fourth-order valence-electron chi connectivity index (χ4n) is 3.03. The number of thioether (sulfide) groups is 1. The van der Waals surface area contributed by atoms with Crippen LogP contribution in [0.15, 0.2) is 54.3 Å². The van der Waals surface area contributed by atoms with Crippen LogP contribution in [-0.2, 0) is 34.5 Å². The van der Waals surface area contributed by atoms with Crippen molar-refractivity contribution in [2.45, 2.75) is 46.6 Å². The zero-order valence-corrected chi connectivity index (χ0v) is 24.9. The van der Waals surface area contributed by atoms with Gasteiger partial charge in [-0.25, -0.2) is 14.4 Å². The van der Waals surface area contributed by atoms with Crippen LogP contribution in [0.3, 0.4) is 0 Å². The number of aliphatic hydroxyl groups is 1. The van der Waals surface area contributed by atoms with E-state index in [2.05, 4.69) is 23.3 Å². The molecule has 0 bridgehead atoms. The Kier molecular flexibility index (Phi) is 15.7. The van der Waals surface area contributed by atoms with E-state index in [0.717, 1.165) is 22.9 Å². The van der Waals surface area contributed by atoms with Gasteiger partial charge in [-0.2, -0.15) is 0 Å². The van der Waals surface area contributed by atoms with Gasteiger partial charge in [0, 0.05) is 18.5 Å². The molecule has 0 aromatic heterocycles. The molecule has 1 aromatic carbocycles. The van der Waals surface area contributed by atoms with Crippen molar-refractivity contribution in [3.05, 3.63) is 59.8 Å². The smallest absolute Gasteiger partial charge is 0.395 e. The number of urea groups is 1. The Bertz CT molecular complexity index is 1090. The number of ether oxygens (including phenoxy) is 1. The van der Waals surface area contributed by atoms with E-state index >= 15 is 0 Å². The maximum atomic E-state index is 13.5. The van der Waals surface area contributed by atoms with Gasteiger partial charge in [0.25, 0.3) is 0 Å². The Labute approximate surface area is 240 Å². The van der Waals surface area contributed by atoms with E-state index in [-0.39, 0.29) is 43.6 Å². The second-order valence-electron chi connectivity index (χ2n) is 9.26. The minimum Gasteiger partial charge on any atom is -0.395 e. The van der Waals surface area contributed by atoms with Crippen molar-refractivity contribution in [1.82, 2.24) is 15.3 Å². The maximum Gasteiger partial charge on any atom is 0.405 e. The van der Waals surface area contributed by atoms with Gasteiger partial charge >= 0.3 is 13.8 Å². The second-order valence-corrected chi connectivity index (χ2v) is 12.2. The predicted molar refractivity (Wildman–Crippen MR) is 155 cm³/mol. The van der Waals surface area contributed by atoms with Gasteiger partial charge in [-0.3, -0.25) is 28.9 Å². The van der Waals surface area contributed by atoms with Crippen LogP contribution in [-0.4, -0.2) is 65.5 Å². The molecule has 0 saturated carbocycles. The fraction of sp³-hybridized carbons (Fsp3) is 0.444. The fourth-order valence-corrected chi connectivity index (χ4v) is 5.27. The summed E-state index contributed by atoms with van der Waals surface area (Å²) in [6, 6.07) is 8.63. The van der Waals surface area contributed by atoms with Gasteiger partial charge in [-0.15, -0.1) is 12.8 Å². The summed E-state index contributed by atoms with van der Waals surface area (Å²) in [5.41, 5.74) is 0.787. The quantitative estimate of drug-likeness (QED) is 0.0900. The number of carbonyl (C=O) groups is 3. The van der Waals surface area contributed by atoms with Crippen LogP contribution in [0, 0.1) is 18.3 Å². The van der Waals surface area contributed by atoms with E-state index in [1.807, 2.05) is 30.3 Å². The van der Waals surface area contributed by atoms with Gasteiger partial charge in [0.15, 0.2) is 11.3 Å². The maximum absolute atomic E-state index is 13.5. The highest BCUT2D eigenvalue weighted by Crippen LogP contribution is 2.44. The number of benzene rings is 1. The van der Waals surface area contributed by atoms with Crippen LogP contribution in [0.25, 0.3) is 0 Å². The third kappa shape index (κ3) is 12.2. The van der Waals surface area contributed by atoms with Crippen LogP contribution in [0.2, 0.25) is 0 Å². The van der Waals surface area contributed by atoms with E-state index in [1.54, 1.807) is 46.0 Å². The van der Waals surface area contributed by atoms with E-state index in [0.29, 0.717) is 0 Å². The van der Waals surface area contributed by atoms with Gasteiger partial charge in [0.2, 0.25) is 6.41 Å². The molecule has 1 aliphatic rings. The molecule has 3 N–H and O–H groups in total. The summed E-state index contributed by atoms with van der Waals surface area (Å²) in [5.74, 6) is 0.216. The lowest BCUT2D eigenvalue weighted by Crippen LogP contribution is -2.42. The van der Waals surface area contributed by atoms with Crippen molar-refractivity contribution < 1.29 is 37.8 Å². The first-order chi connectivity index (χ1) is 19.0. The van der Waals surface area contributed by atoms with E-state index in [1.165, 1.54) is 4.90 Å². The molecule has 0 aliphatic carbocycles. The van der Waals surface area contributed by atoms with Gasteiger partial charge in [-0.05, 0) is 39.3 Å². The summed E-state index contributed by atoms with van der Waals surface area (Å²) >= 11 is 0.984. The Morgan fingerprint density at radius 2 is 1.88 bits per heavy atom. The standard InChI is InChI=1S/C25H36N3O8PS.C2H2/c1-19(2)15-28(24(32)26-18-30)22-11-10-21(36-22)16-35-37(33,27-14-20-8-6-5-7-9-20)34-12-13-38-23(31)25(3,4)17-29;1-2/h5-11,15,18,21-22,29H,12-14,16-17H2,1-4H3,(H,27,33)(H,26,30,32);1-2H/t21-,22?,37?;/m0./s1. The monoisotopic (exact) mass is 595 g/mol. The van der Waals surface area contributed by atoms with Crippen molar-refractivity contribution in [1.29, 1.82) is 0 Å². The average Bonchev–Trinajstić information content (AvgIpc) is 3.42. The molecule has 3 amide bonds. The van der Waals surface area contributed by atoms with Crippen molar-refractivity contribution in [3.8, 4) is 12.8 Å². The Balaban J connectivity index is 0.00000391. The number of imide groups is 1. The van der Waals surface area contributed by atoms with Gasteiger partial charge in [0.05, 0.1) is 25.2 Å². The third-order valence-corrected chi connectivity index (χ3v) is 7.89. The molecular weight excluding hydrogens is 557 g/mol. The lowest BCUT2D eigenvalue weighted by molar-refractivity contribution is -0.119. The molecule has 1 heterocycles. The summed E-state index contributed by atoms with van der Waals surface area (Å²) in [6.45, 7) is 6.62. The first kappa shape index (κ1) is 35.3. The second kappa shape index (κ2) is 17.8. The molecule has 1 aromatic rings. The molecule has 1 aliphatic heterocycles. The number of aliphatic hydroxyl groups excluding tert-OH is 1. The van der Waals surface area contributed by atoms with Gasteiger partial charge < -0.3 is 9.84 Å². The number of allylic oxidation sites excluding steroid dienone is 1. The Morgan fingerprint density at radius 3 is 2.48 bits per heavy atom. The van der Waals surface area contributed by atoms with Crippen molar-refractivity contribution in [2.75, 3.05) is 25.6 Å². The number of carbonyl (C=O) groups excluding carboxylic acids is 3. The van der Waals surface area contributed by atoms with E-state index in [9.17, 15) is 24.1 Å². The summed E-state index contributed by atoms with van der Waals surface area (Å²) < 4.78 is 30.6. The van der Waals surface area contributed by atoms with Crippen LogP contribution in [0.5, 0.6) is 0 Å². The molecule has 0 fully saturated rings. The molecule has 2 unspecified atom stereocenters. The summed E-state index contributed by atoms with van der Waals surface area (Å²) in [5, 5.41) is 14.1. The minimum atomic E-state index is -3.83. The normalized spacial score (nSPS) is 17.6. The van der Waals surface area contributed by atoms with E-state index in [4.69, 9.17) is 13.8 Å². The third-order valence-electron chi connectivity index (χ3n) is 5.15. The van der Waals surface area contributed by atoms with Gasteiger partial charge in [-0.1, -0.05) is 53.7 Å². The largest absolute Gasteiger partial charge is 0.405 e. The number of hydrogen-bond donors (Lipinski definition) is 3. The molecule has 2 rings (SSSR count). The highest BCUT2D eigenvalue weighted by atomic mass is 32.2. The number of nitrogens with one attached hydrogen (secondary N) is 2. The zero-order valence-electron chi connectivity index (χ0n) is 23.1. The van der Waals surface area contributed by atoms with Crippen LogP contribution in [0.4, 0.5) is 4.79 Å². The first-order valence-electron chi connectivity index (χ1n) is 12.3. The molecule has 3 atom stereocenters. The lowest BCUT2D eigenvalue weighted by Gasteiger charge is -2.26. The molecule has 11 nitrogen and oxygen atoms in total. The lowest BCUT2D eigenvalue weighted by atomic mass is 9.97. The Hall–Kier alpha value is -2.75. The number of rotatable bonds is 15. The summed E-state index contributed by atoms with van der Waals surface area (Å²) in [4.78, 5) is 36.4. The number of hydrogen-bond acceptors (Lipinski definition) is 9. The molecule has 0 radical (unpaired) electrons. The van der Waals surface area contributed by atoms with Crippen LogP contribution in [0.1, 0.15) is 33.3 Å². The molecule has 220 valence electrons. The molecule has 0 saturated heterocycles. The number of terminal acetylenes is 1.